The van der Waals surface area contributed by atoms with Gasteiger partial charge < -0.3 is 13.9 Å². The maximum Gasteiger partial charge on any atom is 0.376 e. The first-order valence-corrected chi connectivity index (χ1v) is 9.34. The lowest BCUT2D eigenvalue weighted by Crippen LogP contribution is -2.36. The number of furan rings is 1. The van der Waals surface area contributed by atoms with Crippen LogP contribution in [0.3, 0.4) is 0 Å². The van der Waals surface area contributed by atoms with E-state index in [2.05, 4.69) is 31.9 Å². The lowest BCUT2D eigenvalue weighted by molar-refractivity contribution is -0.0221. The van der Waals surface area contributed by atoms with Crippen molar-refractivity contribution in [3.63, 3.8) is 0 Å². The number of rotatable bonds is 6. The Hall–Kier alpha value is -0.760. The minimum absolute atomic E-state index is 0. The fourth-order valence-electron chi connectivity index (χ4n) is 2.67. The zero-order valence-electron chi connectivity index (χ0n) is 14.8. The van der Waals surface area contributed by atoms with Gasteiger partial charge in [0.1, 0.15) is 4.47 Å². The lowest BCUT2D eigenvalue weighted by Gasteiger charge is -2.25. The van der Waals surface area contributed by atoms with Crippen LogP contribution < -0.4 is 4.74 Å². The molecule has 0 amide bonds. The first kappa shape index (κ1) is 22.3. The van der Waals surface area contributed by atoms with Crippen LogP contribution in [0.1, 0.15) is 36.9 Å². The van der Waals surface area contributed by atoms with E-state index in [0.29, 0.717) is 15.8 Å². The number of hydrogen-bond donors (Lipinski definition) is 0. The summed E-state index contributed by atoms with van der Waals surface area (Å²) in [5.41, 5.74) is 1.31. The molecule has 8 heteroatoms. The van der Waals surface area contributed by atoms with Crippen LogP contribution in [0, 0.1) is 6.92 Å². The highest BCUT2D eigenvalue weighted by Gasteiger charge is 2.25. The molecule has 0 aliphatic heterocycles. The Morgan fingerprint density at radius 2 is 1.92 bits per heavy atom. The summed E-state index contributed by atoms with van der Waals surface area (Å²) < 4.78 is 18.1. The van der Waals surface area contributed by atoms with E-state index < -0.39 is 5.97 Å². The number of carbonyl (C=O) groups is 1. The Bertz CT molecular complexity index is 759. The molecule has 0 N–H and O–H groups in total. The topological polar surface area (TPSA) is 51.9 Å². The number of carbonyl (C=O) groups excluding carboxylic acids is 1. The second-order valence-corrected chi connectivity index (χ2v) is 7.01. The molecule has 0 fully saturated rings. The number of aryl methyl sites for hydroxylation is 1. The average Bonchev–Trinajstić information content (AvgIpc) is 2.86. The number of halogens is 3. The Balaban J connectivity index is 0.00000312. The zero-order chi connectivity index (χ0) is 18.0. The summed E-state index contributed by atoms with van der Waals surface area (Å²) in [5, 5.41) is 0.831. The second kappa shape index (κ2) is 9.26. The van der Waals surface area contributed by atoms with Crippen molar-refractivity contribution < 1.29 is 18.7 Å². The minimum atomic E-state index is -0.468. The molecule has 2 aromatic rings. The number of methoxy groups -OCH3 is 1. The predicted molar refractivity (Wildman–Crippen MR) is 108 cm³/mol. The van der Waals surface area contributed by atoms with Gasteiger partial charge in [0.2, 0.25) is 5.76 Å². The van der Waals surface area contributed by atoms with Gasteiger partial charge in [0.05, 0.1) is 11.6 Å². The third kappa shape index (κ3) is 4.32. The van der Waals surface area contributed by atoms with Crippen molar-refractivity contribution in [3.05, 3.63) is 26.3 Å². The van der Waals surface area contributed by atoms with Gasteiger partial charge in [-0.15, -0.1) is 12.4 Å². The zero-order valence-corrected chi connectivity index (χ0v) is 18.8. The molecule has 0 aliphatic carbocycles. The Labute approximate surface area is 170 Å². The largest absolute Gasteiger partial charge is 0.494 e. The van der Waals surface area contributed by atoms with Gasteiger partial charge in [-0.3, -0.25) is 4.90 Å². The third-order valence-electron chi connectivity index (χ3n) is 4.07. The molecule has 0 radical (unpaired) electrons. The van der Waals surface area contributed by atoms with Gasteiger partial charge in [-0.1, -0.05) is 13.8 Å². The van der Waals surface area contributed by atoms with Crippen LogP contribution in [-0.2, 0) is 4.74 Å². The summed E-state index contributed by atoms with van der Waals surface area (Å²) in [6, 6.07) is 1.88. The van der Waals surface area contributed by atoms with Crippen molar-refractivity contribution in [2.24, 2.45) is 0 Å². The summed E-state index contributed by atoms with van der Waals surface area (Å²) in [6.45, 7) is 9.37. The third-order valence-corrected chi connectivity index (χ3v) is 5.38. The lowest BCUT2D eigenvalue weighted by atomic mass is 10.1. The number of fused-ring (bicyclic) bond motifs is 1. The smallest absolute Gasteiger partial charge is 0.376 e. The molecule has 1 unspecified atom stereocenters. The molecule has 1 heterocycles. The summed E-state index contributed by atoms with van der Waals surface area (Å²) in [7, 11) is 1.58. The van der Waals surface area contributed by atoms with Gasteiger partial charge in [0.15, 0.2) is 17.6 Å². The number of benzene rings is 1. The normalized spacial score (nSPS) is 12.2. The van der Waals surface area contributed by atoms with Crippen LogP contribution >= 0.6 is 44.3 Å². The average molecular weight is 500 g/mol. The SMILES string of the molecule is CCN(CC)C(C)OC(=O)c1oc2c(Br)c(OC)c(Br)cc2c1C.Cl. The molecular formula is C17H22Br2ClNO4. The molecule has 5 nitrogen and oxygen atoms in total. The van der Waals surface area contributed by atoms with E-state index >= 15 is 0 Å². The van der Waals surface area contributed by atoms with E-state index in [-0.39, 0.29) is 24.4 Å². The molecule has 0 saturated carbocycles. The van der Waals surface area contributed by atoms with Crippen molar-refractivity contribution in [3.8, 4) is 5.75 Å². The van der Waals surface area contributed by atoms with Crippen LogP contribution in [0.5, 0.6) is 5.75 Å². The van der Waals surface area contributed by atoms with Gasteiger partial charge in [-0.05, 0) is 64.9 Å². The molecule has 0 bridgehead atoms. The maximum atomic E-state index is 12.5. The quantitative estimate of drug-likeness (QED) is 0.386. The van der Waals surface area contributed by atoms with Crippen LogP contribution in [0.4, 0.5) is 0 Å². The minimum Gasteiger partial charge on any atom is -0.494 e. The van der Waals surface area contributed by atoms with Crippen LogP contribution in [-0.4, -0.2) is 37.3 Å². The first-order chi connectivity index (χ1) is 11.3. The number of esters is 1. The van der Waals surface area contributed by atoms with Crippen molar-refractivity contribution in [1.82, 2.24) is 4.90 Å². The van der Waals surface area contributed by atoms with E-state index in [9.17, 15) is 4.79 Å². The van der Waals surface area contributed by atoms with E-state index in [1.807, 2.05) is 38.7 Å². The number of ether oxygens (including phenoxy) is 2. The van der Waals surface area contributed by atoms with Gasteiger partial charge in [-0.25, -0.2) is 4.79 Å². The standard InChI is InChI=1S/C17H21Br2NO4.ClH/c1-6-20(7-2)10(4)23-17(21)14-9(3)11-8-12(18)16(22-5)13(19)15(11)24-14;/h8,10H,6-7H2,1-5H3;1H. The molecular weight excluding hydrogens is 477 g/mol. The number of nitrogens with zero attached hydrogens (tertiary/aromatic N) is 1. The van der Waals surface area contributed by atoms with Crippen molar-refractivity contribution >= 4 is 61.2 Å². The molecule has 1 atom stereocenters. The molecule has 1 aromatic heterocycles. The Morgan fingerprint density at radius 3 is 2.44 bits per heavy atom. The van der Waals surface area contributed by atoms with Gasteiger partial charge >= 0.3 is 5.97 Å². The monoisotopic (exact) mass is 497 g/mol. The van der Waals surface area contributed by atoms with Gasteiger partial charge in [0, 0.05) is 10.9 Å². The van der Waals surface area contributed by atoms with Crippen LogP contribution in [0.25, 0.3) is 11.0 Å². The maximum absolute atomic E-state index is 12.5. The molecule has 0 saturated heterocycles. The molecule has 0 spiro atoms. The Kier molecular flexibility index (Phi) is 8.25. The molecule has 25 heavy (non-hydrogen) atoms. The van der Waals surface area contributed by atoms with Crippen LogP contribution in [0.2, 0.25) is 0 Å². The van der Waals surface area contributed by atoms with Crippen molar-refractivity contribution in [2.45, 2.75) is 33.9 Å². The van der Waals surface area contributed by atoms with Gasteiger partial charge in [-0.2, -0.15) is 0 Å². The fraction of sp³-hybridized carbons (Fsp3) is 0.471. The van der Waals surface area contributed by atoms with E-state index in [0.717, 1.165) is 28.5 Å². The van der Waals surface area contributed by atoms with E-state index in [1.165, 1.54) is 0 Å². The highest BCUT2D eigenvalue weighted by molar-refractivity contribution is 9.11. The van der Waals surface area contributed by atoms with Gasteiger partial charge in [0.25, 0.3) is 0 Å². The summed E-state index contributed by atoms with van der Waals surface area (Å²) in [5.74, 6) is 0.364. The highest BCUT2D eigenvalue weighted by atomic mass is 79.9. The molecule has 140 valence electrons. The predicted octanol–water partition coefficient (Wildman–Crippen LogP) is 5.54. The Morgan fingerprint density at radius 1 is 1.32 bits per heavy atom. The first-order valence-electron chi connectivity index (χ1n) is 7.75. The summed E-state index contributed by atoms with van der Waals surface area (Å²) in [4.78, 5) is 14.6. The molecule has 0 aliphatic rings. The fourth-order valence-corrected chi connectivity index (χ4v) is 4.19. The van der Waals surface area contributed by atoms with Crippen molar-refractivity contribution in [2.75, 3.05) is 20.2 Å². The summed E-state index contributed by atoms with van der Waals surface area (Å²) >= 11 is 6.94. The second-order valence-electron chi connectivity index (χ2n) is 5.36. The van der Waals surface area contributed by atoms with Crippen molar-refractivity contribution in [1.29, 1.82) is 0 Å². The highest BCUT2D eigenvalue weighted by Crippen LogP contribution is 2.42. The number of hydrogen-bond acceptors (Lipinski definition) is 5. The summed E-state index contributed by atoms with van der Waals surface area (Å²) in [6.07, 6.45) is -0.315. The van der Waals surface area contributed by atoms with E-state index in [1.54, 1.807) is 7.11 Å². The van der Waals surface area contributed by atoms with E-state index in [4.69, 9.17) is 13.9 Å². The molecule has 1 aromatic carbocycles. The molecule has 2 rings (SSSR count). The van der Waals surface area contributed by atoms with Crippen LogP contribution in [0.15, 0.2) is 19.4 Å².